The molecule has 0 amide bonds. The number of nitrogens with two attached hydrogens (primary N) is 1. The molecule has 0 atom stereocenters. The average Bonchev–Trinajstić information content (AvgIpc) is 3.07. The lowest BCUT2D eigenvalue weighted by Gasteiger charge is -2.10. The Bertz CT molecular complexity index is 1420. The minimum absolute atomic E-state index is 0.0223. The number of sulfone groups is 1. The number of hydrogen-bond donors (Lipinski definition) is 1. The smallest absolute Gasteiger partial charge is 0.182 e. The van der Waals surface area contributed by atoms with Crippen molar-refractivity contribution in [3.63, 3.8) is 0 Å². The van der Waals surface area contributed by atoms with Gasteiger partial charge in [-0.15, -0.1) is 0 Å². The van der Waals surface area contributed by atoms with Gasteiger partial charge < -0.3 is 15.0 Å². The molecule has 0 saturated carbocycles. The Morgan fingerprint density at radius 1 is 1.19 bits per heavy atom. The quantitative estimate of drug-likeness (QED) is 0.483. The van der Waals surface area contributed by atoms with Crippen LogP contribution in [0.25, 0.3) is 22.2 Å². The van der Waals surface area contributed by atoms with Crippen molar-refractivity contribution in [3.8, 4) is 16.9 Å². The second kappa shape index (κ2) is 7.82. The number of methoxy groups -OCH3 is 1. The fraction of sp³-hybridized carbons (Fsp3) is 0.143. The first kappa shape index (κ1) is 21.1. The molecule has 0 saturated heterocycles. The Kier molecular flexibility index (Phi) is 5.32. The zero-order chi connectivity index (χ0) is 22.3. The third-order valence-corrected chi connectivity index (χ3v) is 6.94. The highest BCUT2D eigenvalue weighted by molar-refractivity contribution is 7.90. The van der Waals surface area contributed by atoms with Gasteiger partial charge in [-0.25, -0.2) is 22.8 Å². The Hall–Kier alpha value is -3.17. The van der Waals surface area contributed by atoms with Gasteiger partial charge in [-0.1, -0.05) is 29.8 Å². The first-order chi connectivity index (χ1) is 14.7. The lowest BCUT2D eigenvalue weighted by atomic mass is 10.0. The second-order valence-electron chi connectivity index (χ2n) is 6.95. The molecule has 7 nitrogen and oxygen atoms in total. The van der Waals surface area contributed by atoms with E-state index in [2.05, 4.69) is 9.97 Å². The van der Waals surface area contributed by atoms with E-state index in [0.29, 0.717) is 22.3 Å². The molecule has 0 unspecified atom stereocenters. The number of halogens is 2. The van der Waals surface area contributed by atoms with Crippen LogP contribution in [0.1, 0.15) is 5.56 Å². The monoisotopic (exact) mass is 460 g/mol. The van der Waals surface area contributed by atoms with Crippen molar-refractivity contribution in [2.75, 3.05) is 12.8 Å². The van der Waals surface area contributed by atoms with Crippen LogP contribution in [-0.2, 0) is 22.6 Å². The zero-order valence-corrected chi connectivity index (χ0v) is 18.2. The highest BCUT2D eigenvalue weighted by Gasteiger charge is 2.22. The van der Waals surface area contributed by atoms with E-state index in [0.717, 1.165) is 0 Å². The molecule has 0 aliphatic heterocycles. The van der Waals surface area contributed by atoms with Gasteiger partial charge in [0.15, 0.2) is 9.84 Å². The first-order valence-corrected chi connectivity index (χ1v) is 11.2. The normalized spacial score (nSPS) is 11.7. The van der Waals surface area contributed by atoms with Crippen LogP contribution in [0.2, 0.25) is 5.02 Å². The van der Waals surface area contributed by atoms with Crippen LogP contribution in [0.15, 0.2) is 53.8 Å². The summed E-state index contributed by atoms with van der Waals surface area (Å²) >= 11 is 6.06. The van der Waals surface area contributed by atoms with E-state index in [4.69, 9.17) is 22.1 Å². The highest BCUT2D eigenvalue weighted by Crippen LogP contribution is 2.35. The van der Waals surface area contributed by atoms with Crippen LogP contribution < -0.4 is 10.5 Å². The number of rotatable bonds is 5. The molecule has 4 rings (SSSR count). The highest BCUT2D eigenvalue weighted by atomic mass is 35.5. The largest absolute Gasteiger partial charge is 0.495 e. The van der Waals surface area contributed by atoms with E-state index in [1.807, 2.05) is 0 Å². The predicted molar refractivity (Wildman–Crippen MR) is 117 cm³/mol. The molecule has 2 heterocycles. The van der Waals surface area contributed by atoms with Gasteiger partial charge in [0.2, 0.25) is 0 Å². The summed E-state index contributed by atoms with van der Waals surface area (Å²) in [5.74, 6) is -0.622. The van der Waals surface area contributed by atoms with Gasteiger partial charge in [0, 0.05) is 29.9 Å². The molecule has 2 aromatic heterocycles. The van der Waals surface area contributed by atoms with Gasteiger partial charge in [-0.3, -0.25) is 0 Å². The fourth-order valence-corrected chi connectivity index (χ4v) is 5.16. The molecule has 160 valence electrons. The third-order valence-electron chi connectivity index (χ3n) is 4.98. The molecule has 0 aliphatic rings. The number of ether oxygens (including phenoxy) is 1. The van der Waals surface area contributed by atoms with Crippen LogP contribution in [0.5, 0.6) is 5.75 Å². The summed E-state index contributed by atoms with van der Waals surface area (Å²) < 4.78 is 48.1. The lowest BCUT2D eigenvalue weighted by molar-refractivity contribution is 0.414. The van der Waals surface area contributed by atoms with Crippen LogP contribution >= 0.6 is 11.6 Å². The second-order valence-corrected chi connectivity index (χ2v) is 9.34. The molecule has 2 aromatic carbocycles. The number of aromatic nitrogens is 3. The molecule has 0 spiro atoms. The van der Waals surface area contributed by atoms with Gasteiger partial charge in [0.25, 0.3) is 0 Å². The minimum Gasteiger partial charge on any atom is -0.495 e. The average molecular weight is 461 g/mol. The third kappa shape index (κ3) is 3.70. The zero-order valence-electron chi connectivity index (χ0n) is 16.6. The molecule has 10 heteroatoms. The standard InChI is InChI=1S/C21H18ClFN4O3S/c1-27-9-15(18-20(24)25-11-26-21(18)27)14-5-3-4-12(19(14)23)10-31(28,29)13-6-7-17(30-2)16(22)8-13/h3-9,11H,10H2,1-2H3,(H2,24,25,26). The molecule has 31 heavy (non-hydrogen) atoms. The predicted octanol–water partition coefficient (Wildman–Crippen LogP) is 3.99. The SMILES string of the molecule is COc1ccc(S(=O)(=O)Cc2cccc(-c3cn(C)c4ncnc(N)c34)c2F)cc1Cl. The number of nitrogens with zero attached hydrogens (tertiary/aromatic N) is 3. The van der Waals surface area contributed by atoms with Crippen molar-refractivity contribution in [2.45, 2.75) is 10.6 Å². The summed E-state index contributed by atoms with van der Waals surface area (Å²) in [5, 5.41) is 0.662. The van der Waals surface area contributed by atoms with E-state index in [1.54, 1.807) is 29.9 Å². The van der Waals surface area contributed by atoms with Crippen molar-refractivity contribution < 1.29 is 17.5 Å². The topological polar surface area (TPSA) is 100 Å². The Balaban J connectivity index is 1.78. The van der Waals surface area contributed by atoms with Gasteiger partial charge in [0.1, 0.15) is 29.4 Å². The van der Waals surface area contributed by atoms with E-state index in [-0.39, 0.29) is 26.9 Å². The Labute approximate surface area is 183 Å². The first-order valence-electron chi connectivity index (χ1n) is 9.12. The van der Waals surface area contributed by atoms with Crippen molar-refractivity contribution in [2.24, 2.45) is 7.05 Å². The summed E-state index contributed by atoms with van der Waals surface area (Å²) in [7, 11) is -0.669. The van der Waals surface area contributed by atoms with Crippen molar-refractivity contribution >= 4 is 38.3 Å². The molecule has 4 aromatic rings. The van der Waals surface area contributed by atoms with E-state index in [1.165, 1.54) is 37.7 Å². The maximum absolute atomic E-state index is 15.5. The Morgan fingerprint density at radius 2 is 1.97 bits per heavy atom. The molecule has 0 bridgehead atoms. The van der Waals surface area contributed by atoms with Crippen LogP contribution in [0.3, 0.4) is 0 Å². The summed E-state index contributed by atoms with van der Waals surface area (Å²) in [6.45, 7) is 0. The number of hydrogen-bond acceptors (Lipinski definition) is 6. The summed E-state index contributed by atoms with van der Waals surface area (Å²) in [6.07, 6.45) is 3.02. The molecular weight excluding hydrogens is 443 g/mol. The maximum Gasteiger partial charge on any atom is 0.182 e. The Morgan fingerprint density at radius 3 is 2.68 bits per heavy atom. The van der Waals surface area contributed by atoms with Gasteiger partial charge in [0.05, 0.1) is 28.2 Å². The number of aryl methyl sites for hydroxylation is 1. The van der Waals surface area contributed by atoms with E-state index < -0.39 is 21.4 Å². The minimum atomic E-state index is -3.86. The van der Waals surface area contributed by atoms with Crippen LogP contribution in [0.4, 0.5) is 10.2 Å². The van der Waals surface area contributed by atoms with E-state index in [9.17, 15) is 8.42 Å². The molecule has 0 aliphatic carbocycles. The van der Waals surface area contributed by atoms with Gasteiger partial charge >= 0.3 is 0 Å². The molecule has 0 radical (unpaired) electrons. The maximum atomic E-state index is 15.5. The summed E-state index contributed by atoms with van der Waals surface area (Å²) in [5.41, 5.74) is 7.28. The lowest BCUT2D eigenvalue weighted by Crippen LogP contribution is -2.07. The van der Waals surface area contributed by atoms with Crippen molar-refractivity contribution in [1.82, 2.24) is 14.5 Å². The van der Waals surface area contributed by atoms with Gasteiger partial charge in [-0.05, 0) is 18.2 Å². The van der Waals surface area contributed by atoms with Crippen molar-refractivity contribution in [3.05, 3.63) is 65.3 Å². The van der Waals surface area contributed by atoms with Crippen LogP contribution in [0, 0.1) is 5.82 Å². The summed E-state index contributed by atoms with van der Waals surface area (Å²) in [4.78, 5) is 8.16. The van der Waals surface area contributed by atoms with Crippen molar-refractivity contribution in [1.29, 1.82) is 0 Å². The van der Waals surface area contributed by atoms with Crippen LogP contribution in [-0.4, -0.2) is 30.1 Å². The number of anilines is 1. The molecule has 0 fully saturated rings. The van der Waals surface area contributed by atoms with Gasteiger partial charge in [-0.2, -0.15) is 0 Å². The number of fused-ring (bicyclic) bond motifs is 1. The van der Waals surface area contributed by atoms with E-state index >= 15 is 4.39 Å². The molecular formula is C21H18ClFN4O3S. The molecule has 2 N–H and O–H groups in total. The number of nitrogen functional groups attached to an aromatic ring is 1. The number of benzene rings is 2. The summed E-state index contributed by atoms with van der Waals surface area (Å²) in [6, 6.07) is 8.73. The fourth-order valence-electron chi connectivity index (χ4n) is 3.47.